The Morgan fingerprint density at radius 3 is 1.08 bits per heavy atom. The molecule has 0 aliphatic heterocycles. The van der Waals surface area contributed by atoms with Gasteiger partial charge in [0.05, 0.1) is 0 Å². The molecule has 0 rings (SSSR count). The van der Waals surface area contributed by atoms with E-state index < -0.39 is 8.24 Å². The van der Waals surface area contributed by atoms with Gasteiger partial charge in [-0.2, -0.15) is 0 Å². The van der Waals surface area contributed by atoms with Crippen molar-refractivity contribution >= 4 is 8.24 Å². The van der Waals surface area contributed by atoms with Crippen LogP contribution in [-0.2, 0) is 0 Å². The summed E-state index contributed by atoms with van der Waals surface area (Å²) < 4.78 is 2.80. The van der Waals surface area contributed by atoms with Crippen molar-refractivity contribution in [3.63, 3.8) is 0 Å². The molecule has 0 heterocycles. The summed E-state index contributed by atoms with van der Waals surface area (Å²) in [6.07, 6.45) is 24.7. The molecule has 0 unspecified atom stereocenters. The van der Waals surface area contributed by atoms with Gasteiger partial charge in [0, 0.05) is 0 Å². The van der Waals surface area contributed by atoms with E-state index in [1.165, 1.54) is 122 Å². The van der Waals surface area contributed by atoms with Crippen molar-refractivity contribution in [1.82, 2.24) is 4.57 Å². The van der Waals surface area contributed by atoms with Crippen LogP contribution >= 0.6 is 0 Å². The van der Waals surface area contributed by atoms with Gasteiger partial charge in [0.2, 0.25) is 0 Å². The molecule has 0 aliphatic rings. The Morgan fingerprint density at radius 2 is 0.769 bits per heavy atom. The maximum Gasteiger partial charge on any atom is 0.119 e. The number of nitrogens with zero attached hydrogens (tertiary/aromatic N) is 1. The van der Waals surface area contributed by atoms with E-state index in [9.17, 15) is 0 Å². The molecule has 0 spiro atoms. The molecule has 0 saturated carbocycles. The highest BCUT2D eigenvalue weighted by atomic mass is 28.3. The summed E-state index contributed by atoms with van der Waals surface area (Å²) in [6.45, 7) is 14.8. The molecule has 158 valence electrons. The predicted molar refractivity (Wildman–Crippen MR) is 125 cm³/mol. The first-order chi connectivity index (χ1) is 12.5. The average Bonchev–Trinajstić information content (AvgIpc) is 2.59. The molecule has 0 atom stereocenters. The third-order valence-electron chi connectivity index (χ3n) is 5.72. The Labute approximate surface area is 168 Å². The highest BCUT2D eigenvalue weighted by Gasteiger charge is 2.21. The van der Waals surface area contributed by atoms with Gasteiger partial charge in [-0.25, -0.2) is 0 Å². The van der Waals surface area contributed by atoms with E-state index in [-0.39, 0.29) is 0 Å². The predicted octanol–water partition coefficient (Wildman–Crippen LogP) is 8.79. The van der Waals surface area contributed by atoms with E-state index in [0.29, 0.717) is 0 Å². The van der Waals surface area contributed by atoms with E-state index in [4.69, 9.17) is 0 Å². The van der Waals surface area contributed by atoms with E-state index >= 15 is 0 Å². The Bertz CT molecular complexity index is 272. The molecule has 0 aliphatic carbocycles. The molecule has 0 N–H and O–H groups in total. The zero-order valence-corrected chi connectivity index (χ0v) is 20.4. The molecule has 0 saturated heterocycles. The lowest BCUT2D eigenvalue weighted by atomic mass is 10.0. The second kappa shape index (κ2) is 18.5. The lowest BCUT2D eigenvalue weighted by Crippen LogP contribution is -2.46. The first kappa shape index (κ1) is 26.2. The largest absolute Gasteiger partial charge is 0.324 e. The lowest BCUT2D eigenvalue weighted by molar-refractivity contribution is 0.402. The van der Waals surface area contributed by atoms with E-state index in [2.05, 4.69) is 38.1 Å². The van der Waals surface area contributed by atoms with Gasteiger partial charge in [-0.15, -0.1) is 0 Å². The van der Waals surface area contributed by atoms with Crippen molar-refractivity contribution in [2.45, 2.75) is 143 Å². The van der Waals surface area contributed by atoms with Crippen LogP contribution in [-0.4, -0.2) is 25.9 Å². The summed E-state index contributed by atoms with van der Waals surface area (Å²) in [5.41, 5.74) is 0. The molecule has 0 radical (unpaired) electrons. The van der Waals surface area contributed by atoms with Crippen molar-refractivity contribution in [3.8, 4) is 0 Å². The number of rotatable bonds is 20. The summed E-state index contributed by atoms with van der Waals surface area (Å²) in [4.78, 5) is 0. The van der Waals surface area contributed by atoms with Gasteiger partial charge in [0.25, 0.3) is 0 Å². The minimum Gasteiger partial charge on any atom is -0.324 e. The van der Waals surface area contributed by atoms with Gasteiger partial charge in [0.15, 0.2) is 0 Å². The third-order valence-corrected chi connectivity index (χ3v) is 8.07. The standard InChI is InChI=1S/C24H53NSi/c1-6-8-9-10-11-12-13-14-15-16-17-18-19-20-21-22-24-25(23-7-2)26(3,4)5/h6-24H2,1-5H3. The normalized spacial score (nSPS) is 12.2. The number of unbranched alkanes of at least 4 members (excludes halogenated alkanes) is 15. The summed E-state index contributed by atoms with van der Waals surface area (Å²) in [7, 11) is -1.08. The Hall–Kier alpha value is 0.177. The molecule has 2 heteroatoms. The maximum atomic E-state index is 2.80. The molecule has 0 amide bonds. The van der Waals surface area contributed by atoms with Crippen molar-refractivity contribution in [3.05, 3.63) is 0 Å². The third kappa shape index (κ3) is 17.6. The van der Waals surface area contributed by atoms with Gasteiger partial charge < -0.3 is 4.57 Å². The fourth-order valence-electron chi connectivity index (χ4n) is 3.90. The Balaban J connectivity index is 3.26. The highest BCUT2D eigenvalue weighted by molar-refractivity contribution is 6.73. The summed E-state index contributed by atoms with van der Waals surface area (Å²) >= 11 is 0. The van der Waals surface area contributed by atoms with Gasteiger partial charge in [0.1, 0.15) is 8.24 Å². The fraction of sp³-hybridized carbons (Fsp3) is 1.00. The average molecular weight is 384 g/mol. The van der Waals surface area contributed by atoms with Crippen LogP contribution in [0.2, 0.25) is 19.6 Å². The van der Waals surface area contributed by atoms with Crippen LogP contribution in [0.15, 0.2) is 0 Å². The molecule has 1 nitrogen and oxygen atoms in total. The lowest BCUT2D eigenvalue weighted by Gasteiger charge is -2.33. The van der Waals surface area contributed by atoms with Crippen LogP contribution in [0.5, 0.6) is 0 Å². The molecule has 26 heavy (non-hydrogen) atoms. The fourth-order valence-corrected chi connectivity index (χ4v) is 5.63. The van der Waals surface area contributed by atoms with Gasteiger partial charge >= 0.3 is 0 Å². The van der Waals surface area contributed by atoms with Crippen LogP contribution in [0.1, 0.15) is 123 Å². The van der Waals surface area contributed by atoms with Gasteiger partial charge in [-0.3, -0.25) is 0 Å². The zero-order valence-electron chi connectivity index (χ0n) is 19.4. The molecule has 0 aromatic carbocycles. The van der Waals surface area contributed by atoms with Gasteiger partial charge in [-0.1, -0.05) is 130 Å². The minimum absolute atomic E-state index is 1.08. The van der Waals surface area contributed by atoms with Crippen molar-refractivity contribution in [1.29, 1.82) is 0 Å². The highest BCUT2D eigenvalue weighted by Crippen LogP contribution is 2.15. The Kier molecular flexibility index (Phi) is 18.7. The van der Waals surface area contributed by atoms with Crippen LogP contribution < -0.4 is 0 Å². The molecular weight excluding hydrogens is 330 g/mol. The first-order valence-electron chi connectivity index (χ1n) is 12.3. The van der Waals surface area contributed by atoms with E-state index in [1.807, 2.05) is 0 Å². The summed E-state index contributed by atoms with van der Waals surface area (Å²) in [6, 6.07) is 0. The topological polar surface area (TPSA) is 3.24 Å². The molecule has 0 aromatic heterocycles. The van der Waals surface area contributed by atoms with E-state index in [0.717, 1.165) is 0 Å². The quantitative estimate of drug-likeness (QED) is 0.150. The summed E-state index contributed by atoms with van der Waals surface area (Å²) in [5, 5.41) is 0. The molecule has 0 aromatic rings. The van der Waals surface area contributed by atoms with Crippen molar-refractivity contribution in [2.24, 2.45) is 0 Å². The first-order valence-corrected chi connectivity index (χ1v) is 15.7. The molecule has 0 fully saturated rings. The molecule has 0 bridgehead atoms. The second-order valence-electron chi connectivity index (χ2n) is 9.46. The minimum atomic E-state index is -1.08. The van der Waals surface area contributed by atoms with Gasteiger partial charge in [-0.05, 0) is 25.9 Å². The van der Waals surface area contributed by atoms with Crippen LogP contribution in [0.3, 0.4) is 0 Å². The number of hydrogen-bond donors (Lipinski definition) is 0. The van der Waals surface area contributed by atoms with E-state index in [1.54, 1.807) is 0 Å². The molecular formula is C24H53NSi. The monoisotopic (exact) mass is 383 g/mol. The van der Waals surface area contributed by atoms with Crippen molar-refractivity contribution in [2.75, 3.05) is 13.1 Å². The van der Waals surface area contributed by atoms with Crippen LogP contribution in [0.25, 0.3) is 0 Å². The van der Waals surface area contributed by atoms with Crippen LogP contribution in [0.4, 0.5) is 0 Å². The van der Waals surface area contributed by atoms with Crippen molar-refractivity contribution < 1.29 is 0 Å². The smallest absolute Gasteiger partial charge is 0.119 e. The Morgan fingerprint density at radius 1 is 0.423 bits per heavy atom. The zero-order chi connectivity index (χ0) is 19.5. The second-order valence-corrected chi connectivity index (χ2v) is 14.4. The maximum absolute atomic E-state index is 2.80. The van der Waals surface area contributed by atoms with Crippen LogP contribution in [0, 0.1) is 0 Å². The number of hydrogen-bond acceptors (Lipinski definition) is 1. The summed E-state index contributed by atoms with van der Waals surface area (Å²) in [5.74, 6) is 0. The SMILES string of the molecule is CCCCCCCCCCCCCCCCCCN(CCC)[Si](C)(C)C.